The van der Waals surface area contributed by atoms with Gasteiger partial charge in [-0.2, -0.15) is 0 Å². The van der Waals surface area contributed by atoms with Crippen molar-refractivity contribution in [2.45, 2.75) is 31.7 Å². The van der Waals surface area contributed by atoms with Crippen molar-refractivity contribution in [1.82, 2.24) is 5.32 Å². The van der Waals surface area contributed by atoms with E-state index in [4.69, 9.17) is 4.74 Å². The Bertz CT molecular complexity index is 593. The minimum Gasteiger partial charge on any atom is -0.378 e. The molecule has 0 atom stereocenters. The van der Waals surface area contributed by atoms with Gasteiger partial charge in [-0.15, -0.1) is 0 Å². The molecule has 1 saturated heterocycles. The molecular formula is C16H21N3O4. The molecule has 1 aliphatic carbocycles. The second-order valence-corrected chi connectivity index (χ2v) is 6.01. The average Bonchev–Trinajstić information content (AvgIpc) is 3.08. The number of nitrogens with one attached hydrogen (secondary N) is 1. The summed E-state index contributed by atoms with van der Waals surface area (Å²) < 4.78 is 5.28. The third-order valence-electron chi connectivity index (χ3n) is 4.48. The van der Waals surface area contributed by atoms with Crippen molar-refractivity contribution in [1.29, 1.82) is 0 Å². The smallest absolute Gasteiger partial charge is 0.293 e. The van der Waals surface area contributed by atoms with Gasteiger partial charge in [-0.05, 0) is 25.0 Å². The van der Waals surface area contributed by atoms with Crippen LogP contribution in [0.5, 0.6) is 0 Å². The van der Waals surface area contributed by atoms with Crippen LogP contribution < -0.4 is 10.2 Å². The molecule has 1 aromatic rings. The molecule has 3 rings (SSSR count). The van der Waals surface area contributed by atoms with E-state index in [9.17, 15) is 14.9 Å². The van der Waals surface area contributed by atoms with Crippen LogP contribution in [-0.4, -0.2) is 43.2 Å². The van der Waals surface area contributed by atoms with E-state index in [-0.39, 0.29) is 17.6 Å². The summed E-state index contributed by atoms with van der Waals surface area (Å²) in [4.78, 5) is 25.2. The number of rotatable bonds is 4. The second-order valence-electron chi connectivity index (χ2n) is 6.01. The zero-order valence-corrected chi connectivity index (χ0v) is 13.0. The van der Waals surface area contributed by atoms with Gasteiger partial charge < -0.3 is 15.0 Å². The number of carbonyl (C=O) groups is 1. The first kappa shape index (κ1) is 15.7. The van der Waals surface area contributed by atoms with Crippen LogP contribution in [0.4, 0.5) is 11.4 Å². The summed E-state index contributed by atoms with van der Waals surface area (Å²) in [5.74, 6) is -0.228. The molecule has 0 spiro atoms. The molecule has 1 heterocycles. The van der Waals surface area contributed by atoms with Crippen LogP contribution in [0.15, 0.2) is 18.2 Å². The number of nitrogens with zero attached hydrogens (tertiary/aromatic N) is 2. The van der Waals surface area contributed by atoms with Crippen LogP contribution in [0.25, 0.3) is 0 Å². The monoisotopic (exact) mass is 319 g/mol. The number of ether oxygens (including phenoxy) is 1. The van der Waals surface area contributed by atoms with Crippen LogP contribution >= 0.6 is 0 Å². The number of nitro groups is 1. The fourth-order valence-corrected chi connectivity index (χ4v) is 3.22. The standard InChI is InChI=1S/C16H21N3O4/c20-16(17-13-3-1-2-4-13)12-5-6-14(15(11-12)19(21)22)18-7-9-23-10-8-18/h5-6,11,13H,1-4,7-10H2,(H,17,20). The van der Waals surface area contributed by atoms with E-state index in [0.717, 1.165) is 25.7 Å². The van der Waals surface area contributed by atoms with Crippen LogP contribution in [-0.2, 0) is 4.74 Å². The number of benzene rings is 1. The molecule has 0 aromatic heterocycles. The van der Waals surface area contributed by atoms with Gasteiger partial charge in [0.2, 0.25) is 0 Å². The van der Waals surface area contributed by atoms with Crippen molar-refractivity contribution >= 4 is 17.3 Å². The van der Waals surface area contributed by atoms with E-state index in [1.807, 2.05) is 4.90 Å². The van der Waals surface area contributed by atoms with E-state index >= 15 is 0 Å². The number of hydrogen-bond acceptors (Lipinski definition) is 5. The highest BCUT2D eigenvalue weighted by Crippen LogP contribution is 2.30. The van der Waals surface area contributed by atoms with E-state index in [1.165, 1.54) is 6.07 Å². The van der Waals surface area contributed by atoms with E-state index in [0.29, 0.717) is 37.6 Å². The fourth-order valence-electron chi connectivity index (χ4n) is 3.22. The SMILES string of the molecule is O=C(NC1CCCC1)c1ccc(N2CCOCC2)c([N+](=O)[O-])c1. The van der Waals surface area contributed by atoms with Crippen molar-refractivity contribution in [3.05, 3.63) is 33.9 Å². The van der Waals surface area contributed by atoms with Gasteiger partial charge in [0.1, 0.15) is 5.69 Å². The number of anilines is 1. The van der Waals surface area contributed by atoms with Gasteiger partial charge in [-0.25, -0.2) is 0 Å². The first-order valence-corrected chi connectivity index (χ1v) is 8.07. The summed E-state index contributed by atoms with van der Waals surface area (Å²) in [5.41, 5.74) is 0.877. The molecule has 0 radical (unpaired) electrons. The summed E-state index contributed by atoms with van der Waals surface area (Å²) in [7, 11) is 0. The molecule has 1 N–H and O–H groups in total. The maximum Gasteiger partial charge on any atom is 0.293 e. The molecule has 0 unspecified atom stereocenters. The van der Waals surface area contributed by atoms with E-state index < -0.39 is 4.92 Å². The normalized spacial score (nSPS) is 18.9. The van der Waals surface area contributed by atoms with Crippen molar-refractivity contribution in [3.8, 4) is 0 Å². The maximum atomic E-state index is 12.3. The lowest BCUT2D eigenvalue weighted by atomic mass is 10.1. The van der Waals surface area contributed by atoms with Gasteiger partial charge in [-0.3, -0.25) is 14.9 Å². The van der Waals surface area contributed by atoms with Crippen LogP contribution in [0, 0.1) is 10.1 Å². The summed E-state index contributed by atoms with van der Waals surface area (Å²) >= 11 is 0. The lowest BCUT2D eigenvalue weighted by Gasteiger charge is -2.28. The molecule has 2 aliphatic rings. The molecule has 1 aliphatic heterocycles. The lowest BCUT2D eigenvalue weighted by Crippen LogP contribution is -2.36. The first-order chi connectivity index (χ1) is 11.1. The second kappa shape index (κ2) is 6.95. The van der Waals surface area contributed by atoms with Crippen LogP contribution in [0.3, 0.4) is 0 Å². The third kappa shape index (κ3) is 3.61. The molecular weight excluding hydrogens is 298 g/mol. The summed E-state index contributed by atoms with van der Waals surface area (Å²) in [6.07, 6.45) is 4.22. The van der Waals surface area contributed by atoms with Gasteiger partial charge in [0.25, 0.3) is 11.6 Å². The highest BCUT2D eigenvalue weighted by Gasteiger charge is 2.24. The predicted octanol–water partition coefficient (Wildman–Crippen LogP) is 2.10. The quantitative estimate of drug-likeness (QED) is 0.678. The predicted molar refractivity (Wildman–Crippen MR) is 85.9 cm³/mol. The topological polar surface area (TPSA) is 84.7 Å². The molecule has 7 heteroatoms. The highest BCUT2D eigenvalue weighted by molar-refractivity contribution is 5.96. The Labute approximate surface area is 134 Å². The van der Waals surface area contributed by atoms with E-state index in [2.05, 4.69) is 5.32 Å². The first-order valence-electron chi connectivity index (χ1n) is 8.07. The molecule has 1 aromatic carbocycles. The molecule has 1 amide bonds. The van der Waals surface area contributed by atoms with Crippen LogP contribution in [0.2, 0.25) is 0 Å². The Morgan fingerprint density at radius 2 is 1.96 bits per heavy atom. The Balaban J connectivity index is 1.80. The summed E-state index contributed by atoms with van der Waals surface area (Å²) in [6.45, 7) is 2.35. The third-order valence-corrected chi connectivity index (χ3v) is 4.48. The van der Waals surface area contributed by atoms with Crippen molar-refractivity contribution in [2.75, 3.05) is 31.2 Å². The largest absolute Gasteiger partial charge is 0.378 e. The minimum atomic E-state index is -0.419. The summed E-state index contributed by atoms with van der Waals surface area (Å²) in [5, 5.41) is 14.4. The molecule has 1 saturated carbocycles. The Kier molecular flexibility index (Phi) is 4.76. The fraction of sp³-hybridized carbons (Fsp3) is 0.562. The average molecular weight is 319 g/mol. The molecule has 23 heavy (non-hydrogen) atoms. The van der Waals surface area contributed by atoms with Crippen molar-refractivity contribution < 1.29 is 14.5 Å². The Morgan fingerprint density at radius 1 is 1.26 bits per heavy atom. The molecule has 0 bridgehead atoms. The maximum absolute atomic E-state index is 12.3. The zero-order valence-electron chi connectivity index (χ0n) is 13.0. The minimum absolute atomic E-state index is 0.0222. The van der Waals surface area contributed by atoms with E-state index in [1.54, 1.807) is 12.1 Å². The number of hydrogen-bond donors (Lipinski definition) is 1. The molecule has 2 fully saturated rings. The Hall–Kier alpha value is -2.15. The molecule has 124 valence electrons. The number of morpholine rings is 1. The number of nitro benzene ring substituents is 1. The van der Waals surface area contributed by atoms with Crippen molar-refractivity contribution in [3.63, 3.8) is 0 Å². The van der Waals surface area contributed by atoms with Gasteiger partial charge in [0, 0.05) is 30.8 Å². The molecule has 7 nitrogen and oxygen atoms in total. The van der Waals surface area contributed by atoms with Gasteiger partial charge in [0.15, 0.2) is 0 Å². The lowest BCUT2D eigenvalue weighted by molar-refractivity contribution is -0.384. The van der Waals surface area contributed by atoms with Gasteiger partial charge in [-0.1, -0.05) is 12.8 Å². The van der Waals surface area contributed by atoms with Gasteiger partial charge >= 0.3 is 0 Å². The van der Waals surface area contributed by atoms with Gasteiger partial charge in [0.05, 0.1) is 18.1 Å². The van der Waals surface area contributed by atoms with Crippen LogP contribution in [0.1, 0.15) is 36.0 Å². The number of carbonyl (C=O) groups excluding carboxylic acids is 1. The van der Waals surface area contributed by atoms with Crippen molar-refractivity contribution in [2.24, 2.45) is 0 Å². The Morgan fingerprint density at radius 3 is 2.61 bits per heavy atom. The number of amides is 1. The summed E-state index contributed by atoms with van der Waals surface area (Å²) in [6, 6.07) is 4.92. The highest BCUT2D eigenvalue weighted by atomic mass is 16.6. The zero-order chi connectivity index (χ0) is 16.2.